The molecule has 6 rings (SSSR count). The Bertz CT molecular complexity index is 1570. The maximum absolute atomic E-state index is 9.25. The van der Waals surface area contributed by atoms with E-state index < -0.39 is 26.0 Å². The first kappa shape index (κ1) is 37.2. The molecule has 0 unspecified atom stereocenters. The molecule has 0 saturated heterocycles. The fourth-order valence-corrected chi connectivity index (χ4v) is 10.3. The highest BCUT2D eigenvalue weighted by molar-refractivity contribution is 7.86. The summed E-state index contributed by atoms with van der Waals surface area (Å²) >= 11 is 0. The second-order valence-corrected chi connectivity index (χ2v) is 16.2. The van der Waals surface area contributed by atoms with Crippen LogP contribution in [0.3, 0.4) is 0 Å². The summed E-state index contributed by atoms with van der Waals surface area (Å²) in [6.07, 6.45) is 0. The van der Waals surface area contributed by atoms with Crippen molar-refractivity contribution in [2.75, 3.05) is 0 Å². The van der Waals surface area contributed by atoms with E-state index in [9.17, 15) is 10.3 Å². The van der Waals surface area contributed by atoms with E-state index in [1.807, 2.05) is 109 Å². The minimum atomic E-state index is -2.28. The molecule has 0 heterocycles. The molecule has 244 valence electrons. The van der Waals surface area contributed by atoms with Crippen LogP contribution in [0.1, 0.15) is 13.8 Å². The second-order valence-electron chi connectivity index (χ2n) is 10.4. The highest BCUT2D eigenvalue weighted by atomic mass is 31.2. The van der Waals surface area contributed by atoms with Gasteiger partial charge in [-0.25, -0.2) is 0 Å². The van der Waals surface area contributed by atoms with Crippen LogP contribution in [0, 0.1) is 10.3 Å². The van der Waals surface area contributed by atoms with Crippen molar-refractivity contribution in [1.82, 2.24) is 0 Å². The summed E-state index contributed by atoms with van der Waals surface area (Å²) < 4.78 is 0. The summed E-state index contributed by atoms with van der Waals surface area (Å²) in [5.41, 5.74) is 0. The number of nitrogens with one attached hydrogen (secondary N) is 2. The van der Waals surface area contributed by atoms with Crippen LogP contribution in [-0.2, 0) is 9.59 Å². The maximum atomic E-state index is 9.25. The summed E-state index contributed by atoms with van der Waals surface area (Å²) in [5.74, 6) is -1.67. The number of hydrogen-bond acceptors (Lipinski definition) is 4. The normalized spacial score (nSPS) is 10.4. The Kier molecular flexibility index (Phi) is 14.5. The van der Waals surface area contributed by atoms with Crippen LogP contribution < -0.4 is 31.8 Å². The van der Waals surface area contributed by atoms with Crippen molar-refractivity contribution in [2.24, 2.45) is 0 Å². The van der Waals surface area contributed by atoms with Crippen LogP contribution in [0.15, 0.2) is 182 Å². The number of carbonyl (C=O) groups is 2. The molecule has 0 spiro atoms. The van der Waals surface area contributed by atoms with Gasteiger partial charge in [0, 0.05) is 13.8 Å². The van der Waals surface area contributed by atoms with Gasteiger partial charge in [0.1, 0.15) is 0 Å². The van der Waals surface area contributed by atoms with E-state index in [4.69, 9.17) is 19.8 Å². The van der Waals surface area contributed by atoms with Gasteiger partial charge >= 0.3 is 0 Å². The first-order valence-electron chi connectivity index (χ1n) is 15.1. The van der Waals surface area contributed by atoms with Gasteiger partial charge in [0.15, 0.2) is 0 Å². The monoisotopic (exact) mass is 674 g/mol. The van der Waals surface area contributed by atoms with E-state index >= 15 is 0 Å². The van der Waals surface area contributed by atoms with Crippen LogP contribution in [0.2, 0.25) is 0 Å². The molecule has 8 heteroatoms. The molecular weight excluding hydrogens is 634 g/mol. The molecule has 4 N–H and O–H groups in total. The molecule has 48 heavy (non-hydrogen) atoms. The van der Waals surface area contributed by atoms with E-state index in [2.05, 4.69) is 72.8 Å². The minimum absolute atomic E-state index is 0.833. The summed E-state index contributed by atoms with van der Waals surface area (Å²) in [6.45, 7) is 2.17. The third kappa shape index (κ3) is 10.4. The molecular formula is C40H40N2O4P2. The number of rotatable bonds is 6. The summed E-state index contributed by atoms with van der Waals surface area (Å²) in [6, 6.07) is 61.1. The van der Waals surface area contributed by atoms with Gasteiger partial charge in [0.25, 0.3) is 11.9 Å². The fraction of sp³-hybridized carbons (Fsp3) is 0.0500. The summed E-state index contributed by atoms with van der Waals surface area (Å²) in [7, 11) is -4.55. The topological polar surface area (TPSA) is 122 Å². The Morgan fingerprint density at radius 3 is 0.562 bits per heavy atom. The smallest absolute Gasteiger partial charge is 0.300 e. The van der Waals surface area contributed by atoms with Crippen LogP contribution in [0.4, 0.5) is 0 Å². The Hall–Kier alpha value is -5.28. The zero-order chi connectivity index (χ0) is 34.8. The third-order valence-corrected chi connectivity index (χ3v) is 13.3. The lowest BCUT2D eigenvalue weighted by molar-refractivity contribution is -0.135. The largest absolute Gasteiger partial charge is 0.481 e. The Morgan fingerprint density at radius 1 is 0.354 bits per heavy atom. The van der Waals surface area contributed by atoms with Crippen LogP contribution in [0.25, 0.3) is 0 Å². The van der Waals surface area contributed by atoms with Crippen molar-refractivity contribution in [3.8, 4) is 0 Å². The molecule has 0 atom stereocenters. The van der Waals surface area contributed by atoms with Gasteiger partial charge in [-0.05, 0) is 31.8 Å². The first-order chi connectivity index (χ1) is 23.1. The zero-order valence-corrected chi connectivity index (χ0v) is 28.7. The number of hydrogen-bond donors (Lipinski definition) is 4. The molecule has 0 saturated carbocycles. The van der Waals surface area contributed by atoms with Gasteiger partial charge in [0.05, 0.1) is 14.1 Å². The van der Waals surface area contributed by atoms with Gasteiger partial charge in [0.2, 0.25) is 0 Å². The highest BCUT2D eigenvalue weighted by Crippen LogP contribution is 2.43. The van der Waals surface area contributed by atoms with Crippen molar-refractivity contribution < 1.29 is 19.8 Å². The van der Waals surface area contributed by atoms with Gasteiger partial charge in [-0.3, -0.25) is 9.59 Å². The van der Waals surface area contributed by atoms with Crippen molar-refractivity contribution >= 4 is 57.9 Å². The molecule has 0 fully saturated rings. The molecule has 0 aromatic heterocycles. The first-order valence-corrected chi connectivity index (χ1v) is 18.7. The standard InChI is InChI=1S/2C18H16NP.2C2H4O2/c2*19-20(16-10-4-1-5-11-16,17-12-6-2-7-13-17)18-14-8-3-9-15-18;2*1-2(3)4/h2*1-15,19H;2*1H3,(H,3,4). The molecule has 0 aliphatic carbocycles. The molecule has 6 nitrogen and oxygen atoms in total. The quantitative estimate of drug-likeness (QED) is 0.136. The van der Waals surface area contributed by atoms with Crippen LogP contribution >= 0.6 is 14.1 Å². The molecule has 6 aromatic carbocycles. The van der Waals surface area contributed by atoms with Crippen LogP contribution in [0.5, 0.6) is 0 Å². The van der Waals surface area contributed by atoms with Crippen molar-refractivity contribution in [1.29, 1.82) is 10.3 Å². The number of benzene rings is 6. The van der Waals surface area contributed by atoms with Gasteiger partial charge in [-0.1, -0.05) is 182 Å². The van der Waals surface area contributed by atoms with Crippen molar-refractivity contribution in [2.45, 2.75) is 13.8 Å². The van der Waals surface area contributed by atoms with E-state index in [-0.39, 0.29) is 0 Å². The zero-order valence-electron chi connectivity index (χ0n) is 26.9. The Balaban J connectivity index is 0.000000213. The van der Waals surface area contributed by atoms with E-state index in [1.54, 1.807) is 0 Å². The molecule has 0 bridgehead atoms. The lowest BCUT2D eigenvalue weighted by Crippen LogP contribution is -2.24. The van der Waals surface area contributed by atoms with Crippen LogP contribution in [-0.4, -0.2) is 22.2 Å². The predicted molar refractivity (Wildman–Crippen MR) is 202 cm³/mol. The van der Waals surface area contributed by atoms with Crippen molar-refractivity contribution in [3.05, 3.63) is 182 Å². The average Bonchev–Trinajstić information content (AvgIpc) is 3.13. The lowest BCUT2D eigenvalue weighted by Gasteiger charge is -2.24. The predicted octanol–water partition coefficient (Wildman–Crippen LogP) is 7.67. The summed E-state index contributed by atoms with van der Waals surface area (Å²) in [4.78, 5) is 18.0. The molecule has 0 amide bonds. The number of aliphatic carboxylic acids is 2. The van der Waals surface area contributed by atoms with Gasteiger partial charge in [-0.2, -0.15) is 0 Å². The lowest BCUT2D eigenvalue weighted by atomic mass is 10.4. The van der Waals surface area contributed by atoms with Gasteiger partial charge < -0.3 is 20.5 Å². The maximum Gasteiger partial charge on any atom is 0.300 e. The van der Waals surface area contributed by atoms with E-state index in [1.165, 1.54) is 0 Å². The number of carboxylic acid groups (broad SMARTS) is 2. The third-order valence-electron chi connectivity index (χ3n) is 6.86. The van der Waals surface area contributed by atoms with E-state index in [0.29, 0.717) is 0 Å². The van der Waals surface area contributed by atoms with E-state index in [0.717, 1.165) is 45.7 Å². The van der Waals surface area contributed by atoms with Crippen molar-refractivity contribution in [3.63, 3.8) is 0 Å². The SMILES string of the molecule is CC(=O)O.CC(=O)O.N=P(c1ccccc1)(c1ccccc1)c1ccccc1.N=P(c1ccccc1)(c1ccccc1)c1ccccc1. The van der Waals surface area contributed by atoms with Gasteiger partial charge in [-0.15, -0.1) is 0 Å². The second kappa shape index (κ2) is 18.8. The average molecular weight is 675 g/mol. The molecule has 0 radical (unpaired) electrons. The minimum Gasteiger partial charge on any atom is -0.481 e. The molecule has 6 aromatic rings. The number of carboxylic acids is 2. The molecule has 0 aliphatic heterocycles. The highest BCUT2D eigenvalue weighted by Gasteiger charge is 2.25. The Labute approximate surface area is 283 Å². The summed E-state index contributed by atoms with van der Waals surface area (Å²) in [5, 5.41) is 39.9. The molecule has 0 aliphatic rings. The Morgan fingerprint density at radius 2 is 0.458 bits per heavy atom. The fourth-order valence-electron chi connectivity index (χ4n) is 4.80.